The molecular weight excluding hydrogens is 332 g/mol. The molecular formula is C8H24Co4. The summed E-state index contributed by atoms with van der Waals surface area (Å²) in [7, 11) is 0. The first kappa shape index (κ1) is 580. The Labute approximate surface area is 126 Å². The van der Waals surface area contributed by atoms with Gasteiger partial charge in [0, 0.05) is 0 Å². The summed E-state index contributed by atoms with van der Waals surface area (Å²) < 4.78 is 0. The second-order valence-electron chi connectivity index (χ2n) is 0. The average molecular weight is 356 g/mol. The van der Waals surface area contributed by atoms with Crippen molar-refractivity contribution in [2.24, 2.45) is 0 Å². The summed E-state index contributed by atoms with van der Waals surface area (Å²) in [5.74, 6) is 0. The molecule has 0 aromatic carbocycles. The molecule has 0 saturated carbocycles. The maximum Gasteiger partial charge on any atom is 2.00 e. The molecule has 0 aromatic heterocycles. The Hall–Kier alpha value is 2.03. The van der Waals surface area contributed by atoms with Crippen LogP contribution in [0.15, 0.2) is 0 Å². The zero-order valence-corrected chi connectivity index (χ0v) is 13.5. The fraction of sp³-hybridized carbons (Fsp3) is 0. The Balaban J connectivity index is 0. The van der Waals surface area contributed by atoms with E-state index < -0.39 is 0 Å². The van der Waals surface area contributed by atoms with Crippen molar-refractivity contribution >= 4 is 0 Å². The van der Waals surface area contributed by atoms with Crippen molar-refractivity contribution in [1.82, 2.24) is 0 Å². The fourth-order valence-corrected chi connectivity index (χ4v) is 0. The van der Waals surface area contributed by atoms with E-state index in [2.05, 4.69) is 0 Å². The van der Waals surface area contributed by atoms with Gasteiger partial charge in [-0.15, -0.1) is 0 Å². The molecule has 0 nitrogen and oxygen atoms in total. The third-order valence-electron chi connectivity index (χ3n) is 0. The molecule has 0 aliphatic carbocycles. The van der Waals surface area contributed by atoms with Crippen molar-refractivity contribution in [2.45, 2.75) is 0 Å². The van der Waals surface area contributed by atoms with Gasteiger partial charge in [-0.1, -0.05) is 0 Å². The van der Waals surface area contributed by atoms with Gasteiger partial charge >= 0.3 is 67.1 Å². The summed E-state index contributed by atoms with van der Waals surface area (Å²) in [6.45, 7) is 0. The van der Waals surface area contributed by atoms with Gasteiger partial charge in [0.2, 0.25) is 0 Å². The van der Waals surface area contributed by atoms with Gasteiger partial charge in [-0.25, -0.2) is 0 Å². The van der Waals surface area contributed by atoms with Crippen LogP contribution >= 0.6 is 0 Å². The van der Waals surface area contributed by atoms with Gasteiger partial charge in [-0.3, -0.25) is 0 Å². The van der Waals surface area contributed by atoms with Crippen LogP contribution in [0.3, 0.4) is 0 Å². The molecule has 0 aliphatic rings. The maximum absolute atomic E-state index is 0. The Morgan fingerprint density at radius 3 is 0.167 bits per heavy atom. The van der Waals surface area contributed by atoms with E-state index in [9.17, 15) is 0 Å². The van der Waals surface area contributed by atoms with Gasteiger partial charge in [0.05, 0.1) is 0 Å². The summed E-state index contributed by atoms with van der Waals surface area (Å²) in [5, 5.41) is 0. The van der Waals surface area contributed by atoms with Crippen molar-refractivity contribution in [3.8, 4) is 0 Å². The zero-order valence-electron chi connectivity index (χ0n) is 9.33. The Kier molecular flexibility index (Phi) is 22200. The molecule has 0 amide bonds. The van der Waals surface area contributed by atoms with Crippen LogP contribution in [0.5, 0.6) is 0 Å². The van der Waals surface area contributed by atoms with E-state index in [1.165, 1.54) is 0 Å². The molecule has 0 heterocycles. The topological polar surface area (TPSA) is 0 Å². The zero-order chi connectivity index (χ0) is 0. The fourth-order valence-electron chi connectivity index (χ4n) is 0. The van der Waals surface area contributed by atoms with E-state index in [4.69, 9.17) is 0 Å². The minimum atomic E-state index is 0. The molecule has 4 heteroatoms. The van der Waals surface area contributed by atoms with E-state index >= 15 is 0 Å². The molecule has 12 heavy (non-hydrogen) atoms. The van der Waals surface area contributed by atoms with Crippen LogP contribution < -0.4 is 0 Å². The monoisotopic (exact) mass is 356 g/mol. The largest absolute Gasteiger partial charge is 2.00 e. The molecule has 0 unspecified atom stereocenters. The van der Waals surface area contributed by atoms with Gasteiger partial charge < -0.3 is 59.4 Å². The van der Waals surface area contributed by atoms with E-state index in [0.717, 1.165) is 0 Å². The molecule has 0 saturated heterocycles. The molecule has 0 aromatic rings. The quantitative estimate of drug-likeness (QED) is 0.582. The smallest absolute Gasteiger partial charge is 0.358 e. The molecule has 0 fully saturated rings. The minimum absolute atomic E-state index is 0. The molecule has 92 valence electrons. The third-order valence-corrected chi connectivity index (χ3v) is 0. The van der Waals surface area contributed by atoms with E-state index in [0.29, 0.717) is 0 Å². The summed E-state index contributed by atoms with van der Waals surface area (Å²) in [6.07, 6.45) is 0. The standard InChI is InChI=1S/8CH3.4Co/h8*1H3;;;;/q8*-1;4*+2. The number of rotatable bonds is 0. The minimum Gasteiger partial charge on any atom is -0.358 e. The van der Waals surface area contributed by atoms with Gasteiger partial charge in [0.15, 0.2) is 0 Å². The molecule has 0 bridgehead atoms. The Morgan fingerprint density at radius 1 is 0.167 bits per heavy atom. The maximum atomic E-state index is 0. The first-order valence-electron chi connectivity index (χ1n) is 0. The molecule has 0 spiro atoms. The molecule has 0 atom stereocenters. The van der Waals surface area contributed by atoms with Gasteiger partial charge in [0.25, 0.3) is 0 Å². The Morgan fingerprint density at radius 2 is 0.167 bits per heavy atom. The normalized spacial score (nSPS) is 0. The van der Waals surface area contributed by atoms with Crippen LogP contribution in [-0.2, 0) is 67.1 Å². The summed E-state index contributed by atoms with van der Waals surface area (Å²) in [5.41, 5.74) is 0. The van der Waals surface area contributed by atoms with Crippen molar-refractivity contribution < 1.29 is 67.1 Å². The van der Waals surface area contributed by atoms with Crippen LogP contribution in [0.25, 0.3) is 0 Å². The predicted molar refractivity (Wildman–Crippen MR) is 51.3 cm³/mol. The van der Waals surface area contributed by atoms with Crippen molar-refractivity contribution in [3.63, 3.8) is 0 Å². The Bertz CT molecular complexity index is 11.0. The van der Waals surface area contributed by atoms with Crippen LogP contribution in [0.4, 0.5) is 0 Å². The second-order valence-corrected chi connectivity index (χ2v) is 0. The molecule has 0 aliphatic heterocycles. The SMILES string of the molecule is [CH3-].[CH3-].[CH3-].[CH3-].[CH3-].[CH3-].[CH3-].[CH3-].[Co+2].[Co+2].[Co+2].[Co+2]. The molecule has 4 radical (unpaired) electrons. The van der Waals surface area contributed by atoms with E-state index in [1.54, 1.807) is 0 Å². The van der Waals surface area contributed by atoms with Gasteiger partial charge in [-0.2, -0.15) is 0 Å². The van der Waals surface area contributed by atoms with Crippen LogP contribution in [0, 0.1) is 59.4 Å². The first-order chi connectivity index (χ1) is 0. The first-order valence-corrected chi connectivity index (χ1v) is 0. The van der Waals surface area contributed by atoms with Crippen LogP contribution in [0.1, 0.15) is 0 Å². The summed E-state index contributed by atoms with van der Waals surface area (Å²) in [4.78, 5) is 0. The van der Waals surface area contributed by atoms with Crippen LogP contribution in [-0.4, -0.2) is 0 Å². The van der Waals surface area contributed by atoms with Gasteiger partial charge in [0.1, 0.15) is 0 Å². The van der Waals surface area contributed by atoms with Crippen molar-refractivity contribution in [1.29, 1.82) is 0 Å². The molecule has 0 N–H and O–H groups in total. The second kappa shape index (κ2) is 459. The predicted octanol–water partition coefficient (Wildman–Crippen LogP) is 3.59. The third kappa shape index (κ3) is 356. The summed E-state index contributed by atoms with van der Waals surface area (Å²) in [6, 6.07) is 0. The summed E-state index contributed by atoms with van der Waals surface area (Å²) >= 11 is 0. The van der Waals surface area contributed by atoms with E-state index in [-0.39, 0.29) is 127 Å². The molecule has 0 rings (SSSR count). The van der Waals surface area contributed by atoms with E-state index in [1.807, 2.05) is 0 Å². The van der Waals surface area contributed by atoms with Crippen molar-refractivity contribution in [3.05, 3.63) is 59.4 Å². The number of hydrogen-bond acceptors (Lipinski definition) is 0. The number of hydrogen-bond donors (Lipinski definition) is 0. The van der Waals surface area contributed by atoms with Gasteiger partial charge in [-0.05, 0) is 0 Å². The van der Waals surface area contributed by atoms with Crippen LogP contribution in [0.2, 0.25) is 0 Å². The van der Waals surface area contributed by atoms with Crippen molar-refractivity contribution in [2.75, 3.05) is 0 Å². The average Bonchev–Trinajstić information content (AvgIpc) is 0.